The Kier molecular flexibility index (Phi) is 4.31. The Morgan fingerprint density at radius 3 is 2.74 bits per heavy atom. The molecular formula is C13H21N5O. The summed E-state index contributed by atoms with van der Waals surface area (Å²) in [5.41, 5.74) is 0.691. The fourth-order valence-corrected chi connectivity index (χ4v) is 2.27. The molecule has 0 aliphatic carbocycles. The molecule has 1 atom stereocenters. The van der Waals surface area contributed by atoms with Gasteiger partial charge in [-0.3, -0.25) is 4.40 Å². The van der Waals surface area contributed by atoms with E-state index in [2.05, 4.69) is 34.3 Å². The summed E-state index contributed by atoms with van der Waals surface area (Å²) in [4.78, 5) is 4.26. The molecule has 0 amide bonds. The van der Waals surface area contributed by atoms with Gasteiger partial charge in [-0.1, -0.05) is 26.7 Å². The molecule has 2 heterocycles. The first-order chi connectivity index (χ1) is 9.17. The average Bonchev–Trinajstić information content (AvgIpc) is 2.80. The highest BCUT2D eigenvalue weighted by atomic mass is 16.3. The molecule has 1 unspecified atom stereocenters. The predicted octanol–water partition coefficient (Wildman–Crippen LogP) is 1.64. The van der Waals surface area contributed by atoms with E-state index in [1.54, 1.807) is 6.20 Å². The van der Waals surface area contributed by atoms with Crippen molar-refractivity contribution in [2.24, 2.45) is 5.92 Å². The molecule has 0 saturated carbocycles. The molecule has 2 N–H and O–H groups in total. The molecule has 2 aromatic heterocycles. The van der Waals surface area contributed by atoms with Crippen molar-refractivity contribution in [2.75, 3.05) is 11.9 Å². The van der Waals surface area contributed by atoms with E-state index >= 15 is 0 Å². The average molecular weight is 263 g/mol. The third-order valence-corrected chi connectivity index (χ3v) is 3.57. The van der Waals surface area contributed by atoms with E-state index in [0.717, 1.165) is 18.7 Å². The quantitative estimate of drug-likeness (QED) is 0.828. The lowest BCUT2D eigenvalue weighted by molar-refractivity contribution is 0.114. The third kappa shape index (κ3) is 2.84. The molecule has 0 saturated heterocycles. The van der Waals surface area contributed by atoms with Gasteiger partial charge in [0.2, 0.25) is 5.65 Å². The maximum Gasteiger partial charge on any atom is 0.203 e. The van der Waals surface area contributed by atoms with Gasteiger partial charge in [-0.15, -0.1) is 10.2 Å². The molecule has 0 aliphatic rings. The summed E-state index contributed by atoms with van der Waals surface area (Å²) in [6, 6.07) is 0. The van der Waals surface area contributed by atoms with Crippen LogP contribution in [0.2, 0.25) is 0 Å². The summed E-state index contributed by atoms with van der Waals surface area (Å²) in [7, 11) is 0. The second-order valence-corrected chi connectivity index (χ2v) is 4.74. The number of nitrogens with one attached hydrogen (secondary N) is 1. The molecule has 0 fully saturated rings. The highest BCUT2D eigenvalue weighted by Gasteiger charge is 2.16. The van der Waals surface area contributed by atoms with Gasteiger partial charge >= 0.3 is 0 Å². The monoisotopic (exact) mass is 263 g/mol. The number of nitrogens with zero attached hydrogens (tertiary/aromatic N) is 4. The van der Waals surface area contributed by atoms with E-state index in [9.17, 15) is 5.11 Å². The number of aliphatic hydroxyl groups excluding tert-OH is 1. The first-order valence-corrected chi connectivity index (χ1v) is 6.75. The largest absolute Gasteiger partial charge is 0.391 e. The van der Waals surface area contributed by atoms with Crippen molar-refractivity contribution in [1.82, 2.24) is 19.6 Å². The first-order valence-electron chi connectivity index (χ1n) is 6.75. The van der Waals surface area contributed by atoms with Crippen molar-refractivity contribution in [3.05, 3.63) is 18.2 Å². The number of rotatable bonds is 6. The van der Waals surface area contributed by atoms with E-state index in [1.165, 1.54) is 0 Å². The molecule has 6 heteroatoms. The standard InChI is InChI=1S/C13H21N5O/c1-4-10(5-2)11(19)8-15-12-13-17-16-9(3)18(13)7-6-14-12/h6-7,10-11,19H,4-5,8H2,1-3H3,(H,14,15). The fourth-order valence-electron chi connectivity index (χ4n) is 2.27. The Morgan fingerprint density at radius 1 is 1.32 bits per heavy atom. The summed E-state index contributed by atoms with van der Waals surface area (Å²) >= 11 is 0. The molecule has 0 bridgehead atoms. The van der Waals surface area contributed by atoms with Crippen molar-refractivity contribution < 1.29 is 5.11 Å². The minimum Gasteiger partial charge on any atom is -0.391 e. The van der Waals surface area contributed by atoms with E-state index in [1.807, 2.05) is 17.5 Å². The van der Waals surface area contributed by atoms with Crippen molar-refractivity contribution in [1.29, 1.82) is 0 Å². The highest BCUT2D eigenvalue weighted by molar-refractivity contribution is 5.61. The van der Waals surface area contributed by atoms with Gasteiger partial charge in [-0.05, 0) is 12.8 Å². The van der Waals surface area contributed by atoms with Crippen LogP contribution in [0.15, 0.2) is 12.4 Å². The van der Waals surface area contributed by atoms with Crippen LogP contribution in [0.4, 0.5) is 5.82 Å². The summed E-state index contributed by atoms with van der Waals surface area (Å²) in [5, 5.41) is 21.4. The molecule has 2 aromatic rings. The topological polar surface area (TPSA) is 75.3 Å². The van der Waals surface area contributed by atoms with Gasteiger partial charge in [0.15, 0.2) is 5.82 Å². The molecule has 0 spiro atoms. The van der Waals surface area contributed by atoms with E-state index in [-0.39, 0.29) is 6.10 Å². The lowest BCUT2D eigenvalue weighted by Crippen LogP contribution is -2.28. The van der Waals surface area contributed by atoms with Crippen LogP contribution < -0.4 is 5.32 Å². The Labute approximate surface area is 112 Å². The minimum atomic E-state index is -0.374. The summed E-state index contributed by atoms with van der Waals surface area (Å²) in [5.74, 6) is 1.79. The third-order valence-electron chi connectivity index (χ3n) is 3.57. The van der Waals surface area contributed by atoms with Gasteiger partial charge < -0.3 is 10.4 Å². The van der Waals surface area contributed by atoms with Gasteiger partial charge in [0.05, 0.1) is 6.10 Å². The minimum absolute atomic E-state index is 0.312. The second kappa shape index (κ2) is 5.97. The molecule has 19 heavy (non-hydrogen) atoms. The second-order valence-electron chi connectivity index (χ2n) is 4.74. The lowest BCUT2D eigenvalue weighted by atomic mass is 9.97. The normalized spacial score (nSPS) is 13.1. The van der Waals surface area contributed by atoms with Gasteiger partial charge in [0.25, 0.3) is 0 Å². The summed E-state index contributed by atoms with van der Waals surface area (Å²) in [6.07, 6.45) is 5.10. The van der Waals surface area contributed by atoms with Crippen LogP contribution in [0, 0.1) is 12.8 Å². The van der Waals surface area contributed by atoms with Crippen LogP contribution in [-0.4, -0.2) is 37.3 Å². The van der Waals surface area contributed by atoms with Gasteiger partial charge in [-0.2, -0.15) is 0 Å². The first kappa shape index (κ1) is 13.7. The maximum atomic E-state index is 10.1. The Balaban J connectivity index is 2.09. The van der Waals surface area contributed by atoms with Gasteiger partial charge in [0.1, 0.15) is 5.82 Å². The van der Waals surface area contributed by atoms with Crippen LogP contribution in [-0.2, 0) is 0 Å². The number of aryl methyl sites for hydroxylation is 1. The summed E-state index contributed by atoms with van der Waals surface area (Å²) < 4.78 is 1.87. The van der Waals surface area contributed by atoms with Gasteiger partial charge in [0, 0.05) is 18.9 Å². The van der Waals surface area contributed by atoms with Crippen molar-refractivity contribution in [3.8, 4) is 0 Å². The Bertz CT molecular complexity index is 535. The molecule has 6 nitrogen and oxygen atoms in total. The number of aliphatic hydroxyl groups is 1. The van der Waals surface area contributed by atoms with Crippen molar-refractivity contribution in [2.45, 2.75) is 39.7 Å². The van der Waals surface area contributed by atoms with E-state index in [4.69, 9.17) is 0 Å². The Morgan fingerprint density at radius 2 is 2.05 bits per heavy atom. The predicted molar refractivity (Wildman–Crippen MR) is 74.1 cm³/mol. The highest BCUT2D eigenvalue weighted by Crippen LogP contribution is 2.16. The zero-order valence-electron chi connectivity index (χ0n) is 11.7. The van der Waals surface area contributed by atoms with Crippen LogP contribution in [0.1, 0.15) is 32.5 Å². The zero-order valence-corrected chi connectivity index (χ0v) is 11.7. The molecule has 0 aliphatic heterocycles. The number of fused-ring (bicyclic) bond motifs is 1. The fraction of sp³-hybridized carbons (Fsp3) is 0.615. The van der Waals surface area contributed by atoms with Crippen molar-refractivity contribution in [3.63, 3.8) is 0 Å². The molecule has 104 valence electrons. The van der Waals surface area contributed by atoms with Crippen LogP contribution in [0.3, 0.4) is 0 Å². The number of aromatic nitrogens is 4. The van der Waals surface area contributed by atoms with E-state index < -0.39 is 0 Å². The molecular weight excluding hydrogens is 242 g/mol. The number of hydrogen-bond donors (Lipinski definition) is 2. The van der Waals surface area contributed by atoms with Crippen molar-refractivity contribution >= 4 is 11.5 Å². The molecule has 0 aromatic carbocycles. The SMILES string of the molecule is CCC(CC)C(O)CNc1nccn2c(C)nnc12. The lowest BCUT2D eigenvalue weighted by Gasteiger charge is -2.20. The van der Waals surface area contributed by atoms with Crippen LogP contribution in [0.5, 0.6) is 0 Å². The van der Waals surface area contributed by atoms with E-state index in [0.29, 0.717) is 23.9 Å². The molecule has 0 radical (unpaired) electrons. The number of hydrogen-bond acceptors (Lipinski definition) is 5. The van der Waals surface area contributed by atoms with Gasteiger partial charge in [-0.25, -0.2) is 4.98 Å². The van der Waals surface area contributed by atoms with Crippen LogP contribution in [0.25, 0.3) is 5.65 Å². The summed E-state index contributed by atoms with van der Waals surface area (Å²) in [6.45, 7) is 6.56. The van der Waals surface area contributed by atoms with Crippen LogP contribution >= 0.6 is 0 Å². The maximum absolute atomic E-state index is 10.1. The smallest absolute Gasteiger partial charge is 0.203 e. The number of anilines is 1. The Hall–Kier alpha value is -1.69. The zero-order chi connectivity index (χ0) is 13.8. The molecule has 2 rings (SSSR count).